The molecule has 0 saturated heterocycles. The predicted molar refractivity (Wildman–Crippen MR) is 82.8 cm³/mol. The van der Waals surface area contributed by atoms with E-state index in [4.69, 9.17) is 11.6 Å². The van der Waals surface area contributed by atoms with Crippen LogP contribution in [0, 0.1) is 5.82 Å². The van der Waals surface area contributed by atoms with Crippen LogP contribution < -0.4 is 11.0 Å². The van der Waals surface area contributed by atoms with E-state index in [0.717, 1.165) is 6.21 Å². The van der Waals surface area contributed by atoms with E-state index in [1.54, 1.807) is 19.2 Å². The van der Waals surface area contributed by atoms with Gasteiger partial charge in [0.1, 0.15) is 11.4 Å². The van der Waals surface area contributed by atoms with E-state index in [1.165, 1.54) is 28.8 Å². The number of benzene rings is 1. The second-order valence-electron chi connectivity index (χ2n) is 4.35. The summed E-state index contributed by atoms with van der Waals surface area (Å²) in [6.07, 6.45) is 2.68. The lowest BCUT2D eigenvalue weighted by Crippen LogP contribution is -2.30. The van der Waals surface area contributed by atoms with E-state index in [1.807, 2.05) is 0 Å². The van der Waals surface area contributed by atoms with Crippen LogP contribution in [0.15, 0.2) is 46.4 Å². The highest BCUT2D eigenvalue weighted by atomic mass is 35.5. The number of pyridine rings is 1. The molecule has 0 bridgehead atoms. The Labute approximate surface area is 131 Å². The number of amides is 1. The van der Waals surface area contributed by atoms with Crippen molar-refractivity contribution in [2.75, 3.05) is 0 Å². The number of hydrogen-bond donors (Lipinski definition) is 1. The van der Waals surface area contributed by atoms with Gasteiger partial charge in [-0.2, -0.15) is 5.10 Å². The molecule has 1 aromatic heterocycles. The summed E-state index contributed by atoms with van der Waals surface area (Å²) in [5, 5.41) is 3.81. The molecule has 1 N–H and O–H groups in total. The topological polar surface area (TPSA) is 63.5 Å². The molecule has 2 aromatic rings. The van der Waals surface area contributed by atoms with E-state index in [9.17, 15) is 14.0 Å². The minimum atomic E-state index is -0.670. The third-order valence-electron chi connectivity index (χ3n) is 2.96. The zero-order valence-electron chi connectivity index (χ0n) is 11.7. The quantitative estimate of drug-likeness (QED) is 0.694. The fourth-order valence-electron chi connectivity index (χ4n) is 1.81. The SMILES string of the molecule is CCn1cccc(C(=O)N/N=C\c2c(F)cccc2Cl)c1=O. The van der Waals surface area contributed by atoms with Crippen LogP contribution in [0.2, 0.25) is 5.02 Å². The summed E-state index contributed by atoms with van der Waals surface area (Å²) in [6.45, 7) is 2.25. The number of nitrogens with zero attached hydrogens (tertiary/aromatic N) is 2. The van der Waals surface area contributed by atoms with Crippen molar-refractivity contribution in [3.05, 3.63) is 68.8 Å². The van der Waals surface area contributed by atoms with Crippen LogP contribution in [0.5, 0.6) is 0 Å². The van der Waals surface area contributed by atoms with Crippen LogP contribution >= 0.6 is 11.6 Å². The molecular weight excluding hydrogens is 309 g/mol. The summed E-state index contributed by atoms with van der Waals surface area (Å²) in [4.78, 5) is 23.9. The molecular formula is C15H13ClFN3O2. The number of rotatable bonds is 4. The number of hydrogen-bond acceptors (Lipinski definition) is 3. The highest BCUT2D eigenvalue weighted by Crippen LogP contribution is 2.16. The molecule has 0 spiro atoms. The van der Waals surface area contributed by atoms with Gasteiger partial charge >= 0.3 is 0 Å². The molecule has 1 aromatic carbocycles. The average molecular weight is 322 g/mol. The molecule has 5 nitrogen and oxygen atoms in total. The maximum Gasteiger partial charge on any atom is 0.276 e. The fraction of sp³-hybridized carbons (Fsp3) is 0.133. The first-order valence-electron chi connectivity index (χ1n) is 6.51. The standard InChI is InChI=1S/C15H13ClFN3O2/c1-2-20-8-4-5-10(15(20)22)14(21)19-18-9-11-12(16)6-3-7-13(11)17/h3-9H,2H2,1H3,(H,19,21)/b18-9-. The largest absolute Gasteiger partial charge is 0.315 e. The Bertz CT molecular complexity index is 766. The van der Waals surface area contributed by atoms with Gasteiger partial charge in [0.05, 0.1) is 11.2 Å². The monoisotopic (exact) mass is 321 g/mol. The molecule has 0 atom stereocenters. The first kappa shape index (κ1) is 15.9. The lowest BCUT2D eigenvalue weighted by atomic mass is 10.2. The second kappa shape index (κ2) is 7.00. The molecule has 7 heteroatoms. The molecule has 114 valence electrons. The maximum atomic E-state index is 13.5. The van der Waals surface area contributed by atoms with Crippen molar-refractivity contribution < 1.29 is 9.18 Å². The van der Waals surface area contributed by atoms with Crippen molar-refractivity contribution in [2.24, 2.45) is 5.10 Å². The molecule has 22 heavy (non-hydrogen) atoms. The van der Waals surface area contributed by atoms with E-state index in [-0.39, 0.29) is 16.1 Å². The van der Waals surface area contributed by atoms with Crippen molar-refractivity contribution in [2.45, 2.75) is 13.5 Å². The highest BCUT2D eigenvalue weighted by Gasteiger charge is 2.11. The molecule has 1 amide bonds. The number of carbonyl (C=O) groups is 1. The first-order chi connectivity index (χ1) is 10.5. The summed E-state index contributed by atoms with van der Waals surface area (Å²) >= 11 is 5.83. The van der Waals surface area contributed by atoms with Gasteiger partial charge in [0.25, 0.3) is 11.5 Å². The Balaban J connectivity index is 2.17. The lowest BCUT2D eigenvalue weighted by molar-refractivity contribution is 0.0953. The van der Waals surface area contributed by atoms with Gasteiger partial charge in [-0.15, -0.1) is 0 Å². The normalized spacial score (nSPS) is 10.9. The second-order valence-corrected chi connectivity index (χ2v) is 4.75. The smallest absolute Gasteiger partial charge is 0.276 e. The van der Waals surface area contributed by atoms with Gasteiger partial charge in [-0.05, 0) is 31.2 Å². The zero-order chi connectivity index (χ0) is 16.1. The van der Waals surface area contributed by atoms with Crippen LogP contribution in [-0.4, -0.2) is 16.7 Å². The van der Waals surface area contributed by atoms with Gasteiger partial charge in [0.2, 0.25) is 0 Å². The average Bonchev–Trinajstić information content (AvgIpc) is 2.50. The van der Waals surface area contributed by atoms with Crippen molar-refractivity contribution in [1.82, 2.24) is 9.99 Å². The van der Waals surface area contributed by atoms with Gasteiger partial charge < -0.3 is 4.57 Å². The van der Waals surface area contributed by atoms with E-state index >= 15 is 0 Å². The molecule has 0 aliphatic heterocycles. The van der Waals surface area contributed by atoms with Crippen LogP contribution in [0.1, 0.15) is 22.8 Å². The molecule has 0 radical (unpaired) electrons. The van der Waals surface area contributed by atoms with E-state index in [2.05, 4.69) is 10.5 Å². The van der Waals surface area contributed by atoms with Crippen LogP contribution in [0.25, 0.3) is 0 Å². The Kier molecular flexibility index (Phi) is 5.06. The summed E-state index contributed by atoms with van der Waals surface area (Å²) in [5.41, 5.74) is 1.79. The fourth-order valence-corrected chi connectivity index (χ4v) is 2.02. The van der Waals surface area contributed by atoms with Gasteiger partial charge in [0, 0.05) is 18.3 Å². The number of carbonyl (C=O) groups excluding carboxylic acids is 1. The highest BCUT2D eigenvalue weighted by molar-refractivity contribution is 6.33. The summed E-state index contributed by atoms with van der Waals surface area (Å²) in [6, 6.07) is 7.19. The van der Waals surface area contributed by atoms with E-state index in [0.29, 0.717) is 6.54 Å². The number of halogens is 2. The number of aromatic nitrogens is 1. The molecule has 0 fully saturated rings. The minimum Gasteiger partial charge on any atom is -0.315 e. The third kappa shape index (κ3) is 3.40. The Morgan fingerprint density at radius 1 is 1.41 bits per heavy atom. The number of hydrazone groups is 1. The Morgan fingerprint density at radius 3 is 2.86 bits per heavy atom. The lowest BCUT2D eigenvalue weighted by Gasteiger charge is -2.04. The van der Waals surface area contributed by atoms with Gasteiger partial charge in [-0.1, -0.05) is 17.7 Å². The van der Waals surface area contributed by atoms with Crippen molar-refractivity contribution in [3.8, 4) is 0 Å². The Hall–Kier alpha value is -2.47. The summed E-state index contributed by atoms with van der Waals surface area (Å²) in [5.74, 6) is -1.23. The van der Waals surface area contributed by atoms with E-state index < -0.39 is 17.3 Å². The van der Waals surface area contributed by atoms with Crippen LogP contribution in [0.3, 0.4) is 0 Å². The van der Waals surface area contributed by atoms with Crippen molar-refractivity contribution >= 4 is 23.7 Å². The van der Waals surface area contributed by atoms with Crippen molar-refractivity contribution in [3.63, 3.8) is 0 Å². The predicted octanol–water partition coefficient (Wildman–Crippen LogP) is 2.42. The first-order valence-corrected chi connectivity index (χ1v) is 6.89. The minimum absolute atomic E-state index is 0.0406. The zero-order valence-corrected chi connectivity index (χ0v) is 12.5. The summed E-state index contributed by atoms with van der Waals surface area (Å²) < 4.78 is 14.9. The molecule has 0 saturated carbocycles. The van der Waals surface area contributed by atoms with Crippen molar-refractivity contribution in [1.29, 1.82) is 0 Å². The molecule has 0 aliphatic rings. The van der Waals surface area contributed by atoms with Gasteiger partial charge in [-0.3, -0.25) is 9.59 Å². The van der Waals surface area contributed by atoms with Gasteiger partial charge in [0.15, 0.2) is 0 Å². The number of aryl methyl sites for hydroxylation is 1. The molecule has 0 unspecified atom stereocenters. The molecule has 0 aliphatic carbocycles. The number of nitrogens with one attached hydrogen (secondary N) is 1. The summed E-state index contributed by atoms with van der Waals surface area (Å²) in [7, 11) is 0. The Morgan fingerprint density at radius 2 is 2.18 bits per heavy atom. The van der Waals surface area contributed by atoms with Gasteiger partial charge in [-0.25, -0.2) is 9.82 Å². The third-order valence-corrected chi connectivity index (χ3v) is 3.29. The maximum absolute atomic E-state index is 13.5. The van der Waals surface area contributed by atoms with Crippen LogP contribution in [0.4, 0.5) is 4.39 Å². The molecule has 1 heterocycles. The van der Waals surface area contributed by atoms with Crippen LogP contribution in [-0.2, 0) is 6.54 Å². The molecule has 2 rings (SSSR count).